The molecule has 0 amide bonds. The van der Waals surface area contributed by atoms with Gasteiger partial charge in [-0.25, -0.2) is 0 Å². The largest absolute Gasteiger partial charge is 0.355 e. The van der Waals surface area contributed by atoms with Crippen LogP contribution in [-0.4, -0.2) is 47.3 Å². The number of hydrogen-bond acceptors (Lipinski definition) is 7. The number of ether oxygens (including phenoxy) is 2. The molecule has 0 aliphatic carbocycles. The average Bonchev–Trinajstić information content (AvgIpc) is 3.11. The van der Waals surface area contributed by atoms with Crippen LogP contribution in [0.15, 0.2) is 30.5 Å². The highest BCUT2D eigenvalue weighted by molar-refractivity contribution is 5.55. The lowest BCUT2D eigenvalue weighted by Crippen LogP contribution is -2.45. The smallest absolute Gasteiger partial charge is 0.249 e. The molecule has 2 fully saturated rings. The summed E-state index contributed by atoms with van der Waals surface area (Å²) in [5.41, 5.74) is 2.26. The van der Waals surface area contributed by atoms with Gasteiger partial charge in [-0.05, 0) is 23.6 Å². The van der Waals surface area contributed by atoms with Crippen LogP contribution in [0, 0.1) is 0 Å². The van der Waals surface area contributed by atoms with Gasteiger partial charge in [-0.15, -0.1) is 5.10 Å². The molecule has 1 spiro atoms. The van der Waals surface area contributed by atoms with Crippen molar-refractivity contribution in [3.63, 3.8) is 0 Å². The fraction of sp³-hybridized carbons (Fsp3) is 0.526. The van der Waals surface area contributed by atoms with E-state index in [1.54, 1.807) is 6.20 Å². The molecule has 2 saturated heterocycles. The summed E-state index contributed by atoms with van der Waals surface area (Å²) < 4.78 is 11.6. The molecule has 0 unspecified atom stereocenters. The first-order valence-electron chi connectivity index (χ1n) is 9.23. The van der Waals surface area contributed by atoms with Crippen LogP contribution in [0.2, 0.25) is 0 Å². The normalized spacial score (nSPS) is 19.3. The molecule has 7 nitrogen and oxygen atoms in total. The summed E-state index contributed by atoms with van der Waals surface area (Å²) >= 11 is 0. The van der Waals surface area contributed by atoms with Crippen LogP contribution in [0.4, 0.5) is 17.5 Å². The van der Waals surface area contributed by atoms with Crippen molar-refractivity contribution in [2.45, 2.75) is 38.4 Å². The Kier molecular flexibility index (Phi) is 4.74. The number of nitrogens with one attached hydrogen (secondary N) is 1. The number of benzene rings is 1. The fourth-order valence-corrected chi connectivity index (χ4v) is 3.44. The molecule has 3 heterocycles. The minimum atomic E-state index is -0.379. The number of hydrogen-bond donors (Lipinski definition) is 1. The highest BCUT2D eigenvalue weighted by Crippen LogP contribution is 2.32. The summed E-state index contributed by atoms with van der Waals surface area (Å²) in [7, 11) is 0. The molecule has 2 aliphatic rings. The third-order valence-electron chi connectivity index (χ3n) is 5.04. The zero-order chi connectivity index (χ0) is 18.0. The van der Waals surface area contributed by atoms with Crippen molar-refractivity contribution in [2.75, 3.05) is 36.5 Å². The highest BCUT2D eigenvalue weighted by atomic mass is 16.7. The van der Waals surface area contributed by atoms with Gasteiger partial charge in [-0.2, -0.15) is 10.1 Å². The van der Waals surface area contributed by atoms with Crippen molar-refractivity contribution < 1.29 is 9.47 Å². The van der Waals surface area contributed by atoms with E-state index in [1.807, 2.05) is 12.1 Å². The van der Waals surface area contributed by atoms with E-state index >= 15 is 0 Å². The van der Waals surface area contributed by atoms with Crippen LogP contribution in [0.25, 0.3) is 0 Å². The van der Waals surface area contributed by atoms with Crippen molar-refractivity contribution in [1.82, 2.24) is 15.2 Å². The van der Waals surface area contributed by atoms with Crippen LogP contribution in [0.5, 0.6) is 0 Å². The Morgan fingerprint density at radius 2 is 1.77 bits per heavy atom. The maximum absolute atomic E-state index is 5.79. The second-order valence-electron chi connectivity index (χ2n) is 7.13. The van der Waals surface area contributed by atoms with Crippen molar-refractivity contribution >= 4 is 17.5 Å². The Hall–Kier alpha value is -2.25. The minimum absolute atomic E-state index is 0.379. The topological polar surface area (TPSA) is 72.4 Å². The van der Waals surface area contributed by atoms with Gasteiger partial charge >= 0.3 is 0 Å². The van der Waals surface area contributed by atoms with Gasteiger partial charge in [-0.1, -0.05) is 26.0 Å². The first kappa shape index (κ1) is 17.2. The molecule has 4 rings (SSSR count). The van der Waals surface area contributed by atoms with Gasteiger partial charge in [0, 0.05) is 31.6 Å². The van der Waals surface area contributed by atoms with Gasteiger partial charge in [0.05, 0.1) is 19.4 Å². The van der Waals surface area contributed by atoms with E-state index in [0.29, 0.717) is 25.1 Å². The van der Waals surface area contributed by atoms with E-state index < -0.39 is 0 Å². The lowest BCUT2D eigenvalue weighted by Gasteiger charge is -2.37. The van der Waals surface area contributed by atoms with Crippen LogP contribution in [0.3, 0.4) is 0 Å². The monoisotopic (exact) mass is 355 g/mol. The summed E-state index contributed by atoms with van der Waals surface area (Å²) in [5.74, 6) is 1.47. The van der Waals surface area contributed by atoms with Crippen LogP contribution in [0.1, 0.15) is 38.2 Å². The lowest BCUT2D eigenvalue weighted by molar-refractivity contribution is -0.169. The number of piperidine rings is 1. The summed E-state index contributed by atoms with van der Waals surface area (Å²) in [5, 5.41) is 11.5. The fourth-order valence-electron chi connectivity index (χ4n) is 3.44. The Bertz CT molecular complexity index is 734. The van der Waals surface area contributed by atoms with Crippen LogP contribution < -0.4 is 10.2 Å². The standard InChI is InChI=1S/C19H25N5O2/c1-14(2)15-3-5-16(6-4-15)21-18-22-17(13-20-23-18)24-9-7-19(8-10-24)25-11-12-26-19/h3-6,13-14H,7-12H2,1-2H3,(H,21,22,23). The number of nitrogens with zero attached hydrogens (tertiary/aromatic N) is 4. The van der Waals surface area contributed by atoms with Crippen LogP contribution >= 0.6 is 0 Å². The zero-order valence-electron chi connectivity index (χ0n) is 15.3. The van der Waals surface area contributed by atoms with Gasteiger partial charge in [0.25, 0.3) is 0 Å². The van der Waals surface area contributed by atoms with Gasteiger partial charge in [0.2, 0.25) is 5.95 Å². The quantitative estimate of drug-likeness (QED) is 0.903. The van der Waals surface area contributed by atoms with E-state index in [4.69, 9.17) is 9.47 Å². The lowest BCUT2D eigenvalue weighted by atomic mass is 10.0. The Balaban J connectivity index is 1.42. The summed E-state index contributed by atoms with van der Waals surface area (Å²) in [6.07, 6.45) is 3.40. The molecule has 1 N–H and O–H groups in total. The van der Waals surface area contributed by atoms with Gasteiger partial charge in [-0.3, -0.25) is 0 Å². The molecule has 0 radical (unpaired) electrons. The number of anilines is 3. The molecule has 0 atom stereocenters. The maximum atomic E-state index is 5.79. The molecular weight excluding hydrogens is 330 g/mol. The summed E-state index contributed by atoms with van der Waals surface area (Å²) in [6, 6.07) is 8.33. The number of aromatic nitrogens is 3. The zero-order valence-corrected chi connectivity index (χ0v) is 15.3. The average molecular weight is 355 g/mol. The molecule has 1 aromatic carbocycles. The van der Waals surface area contributed by atoms with E-state index in [0.717, 1.165) is 37.4 Å². The van der Waals surface area contributed by atoms with E-state index in [9.17, 15) is 0 Å². The Morgan fingerprint density at radius 1 is 1.08 bits per heavy atom. The molecule has 2 aliphatic heterocycles. The summed E-state index contributed by atoms with van der Waals surface area (Å²) in [4.78, 5) is 6.83. The van der Waals surface area contributed by atoms with E-state index in [-0.39, 0.29) is 5.79 Å². The molecule has 0 bridgehead atoms. The van der Waals surface area contributed by atoms with Gasteiger partial charge in [0.15, 0.2) is 11.6 Å². The highest BCUT2D eigenvalue weighted by Gasteiger charge is 2.40. The SMILES string of the molecule is CC(C)c1ccc(Nc2nncc(N3CCC4(CC3)OCCO4)n2)cc1. The van der Waals surface area contributed by atoms with E-state index in [1.165, 1.54) is 5.56 Å². The third kappa shape index (κ3) is 3.64. The molecular formula is C19H25N5O2. The predicted molar refractivity (Wildman–Crippen MR) is 99.7 cm³/mol. The first-order chi connectivity index (χ1) is 12.6. The second kappa shape index (κ2) is 7.17. The molecule has 26 heavy (non-hydrogen) atoms. The molecule has 1 aromatic heterocycles. The minimum Gasteiger partial charge on any atom is -0.355 e. The Labute approximate surface area is 153 Å². The van der Waals surface area contributed by atoms with Crippen molar-refractivity contribution in [1.29, 1.82) is 0 Å². The van der Waals surface area contributed by atoms with E-state index in [2.05, 4.69) is 51.4 Å². The third-order valence-corrected chi connectivity index (χ3v) is 5.04. The maximum Gasteiger partial charge on any atom is 0.249 e. The molecule has 138 valence electrons. The first-order valence-corrected chi connectivity index (χ1v) is 9.23. The van der Waals surface area contributed by atoms with Crippen molar-refractivity contribution in [3.05, 3.63) is 36.0 Å². The van der Waals surface area contributed by atoms with Gasteiger partial charge < -0.3 is 19.7 Å². The molecule has 0 saturated carbocycles. The Morgan fingerprint density at radius 3 is 2.42 bits per heavy atom. The number of rotatable bonds is 4. The molecule has 7 heteroatoms. The summed E-state index contributed by atoms with van der Waals surface area (Å²) in [6.45, 7) is 7.42. The van der Waals surface area contributed by atoms with Crippen molar-refractivity contribution in [2.24, 2.45) is 0 Å². The van der Waals surface area contributed by atoms with Crippen molar-refractivity contribution in [3.8, 4) is 0 Å². The van der Waals surface area contributed by atoms with Crippen LogP contribution in [-0.2, 0) is 9.47 Å². The predicted octanol–water partition coefficient (Wildman–Crippen LogP) is 3.08. The van der Waals surface area contributed by atoms with Gasteiger partial charge in [0.1, 0.15) is 0 Å². The second-order valence-corrected chi connectivity index (χ2v) is 7.13. The molecule has 2 aromatic rings.